The number of fused-ring (bicyclic) bond motifs is 1. The third-order valence-electron chi connectivity index (χ3n) is 4.20. The van der Waals surface area contributed by atoms with Gasteiger partial charge in [0.05, 0.1) is 19.9 Å². The molecule has 2 aliphatic heterocycles. The van der Waals surface area contributed by atoms with Crippen molar-refractivity contribution in [3.05, 3.63) is 17.0 Å². The Kier molecular flexibility index (Phi) is 4.24. The van der Waals surface area contributed by atoms with Crippen LogP contribution in [-0.4, -0.2) is 57.8 Å². The summed E-state index contributed by atoms with van der Waals surface area (Å²) in [6.45, 7) is 2.20. The second-order valence-corrected chi connectivity index (χ2v) is 5.71. The Morgan fingerprint density at radius 1 is 1.38 bits per heavy atom. The number of carbonyl (C=O) groups is 2. The lowest BCUT2D eigenvalue weighted by atomic mass is 10.1. The molecule has 0 saturated carbocycles. The molecule has 2 aliphatic rings. The largest absolute Gasteiger partial charge is 0.435 e. The zero-order chi connectivity index (χ0) is 17.5. The zero-order valence-corrected chi connectivity index (χ0v) is 13.1. The smallest absolute Gasteiger partial charge is 0.376 e. The minimum atomic E-state index is -4.60. The van der Waals surface area contributed by atoms with Crippen LogP contribution >= 0.6 is 0 Å². The Bertz CT molecular complexity index is 671. The van der Waals surface area contributed by atoms with Gasteiger partial charge in [-0.15, -0.1) is 0 Å². The van der Waals surface area contributed by atoms with Gasteiger partial charge < -0.3 is 14.5 Å². The highest BCUT2D eigenvalue weighted by Gasteiger charge is 2.40. The molecule has 7 nitrogen and oxygen atoms in total. The van der Waals surface area contributed by atoms with Crippen molar-refractivity contribution in [1.82, 2.24) is 19.6 Å². The highest BCUT2D eigenvalue weighted by Crippen LogP contribution is 2.34. The van der Waals surface area contributed by atoms with Crippen LogP contribution in [0, 0.1) is 0 Å². The Balaban J connectivity index is 1.82. The minimum Gasteiger partial charge on any atom is -0.376 e. The molecule has 3 rings (SSSR count). The maximum atomic E-state index is 13.1. The Hall–Kier alpha value is -2.10. The molecule has 1 aromatic rings. The topological polar surface area (TPSA) is 67.7 Å². The molecule has 0 aromatic carbocycles. The lowest BCUT2D eigenvalue weighted by Gasteiger charge is -2.18. The fourth-order valence-corrected chi connectivity index (χ4v) is 2.94. The van der Waals surface area contributed by atoms with Crippen LogP contribution < -0.4 is 0 Å². The number of alkyl halides is 3. The summed E-state index contributed by atoms with van der Waals surface area (Å²) in [6.07, 6.45) is -4.33. The van der Waals surface area contributed by atoms with E-state index in [9.17, 15) is 22.8 Å². The van der Waals surface area contributed by atoms with Crippen LogP contribution in [-0.2, 0) is 40.1 Å². The van der Waals surface area contributed by atoms with E-state index >= 15 is 0 Å². The van der Waals surface area contributed by atoms with Crippen molar-refractivity contribution in [2.45, 2.75) is 32.7 Å². The lowest BCUT2D eigenvalue weighted by molar-refractivity contribution is -0.143. The molecule has 0 unspecified atom stereocenters. The molecule has 0 aliphatic carbocycles. The number of nitrogens with zero attached hydrogens (tertiary/aromatic N) is 4. The van der Waals surface area contributed by atoms with Crippen molar-refractivity contribution in [1.29, 1.82) is 0 Å². The number of hydrogen-bond donors (Lipinski definition) is 0. The number of halogens is 3. The summed E-state index contributed by atoms with van der Waals surface area (Å²) in [5.74, 6) is -0.595. The monoisotopic (exact) mass is 346 g/mol. The van der Waals surface area contributed by atoms with Gasteiger partial charge >= 0.3 is 6.18 Å². The van der Waals surface area contributed by atoms with Crippen molar-refractivity contribution < 1.29 is 27.5 Å². The molecular formula is C14H17F3N4O3. The minimum absolute atomic E-state index is 0.00534. The average molecular weight is 346 g/mol. The van der Waals surface area contributed by atoms with Crippen molar-refractivity contribution in [2.24, 2.45) is 0 Å². The molecule has 24 heavy (non-hydrogen) atoms. The molecule has 1 saturated heterocycles. The van der Waals surface area contributed by atoms with Gasteiger partial charge in [-0.2, -0.15) is 18.3 Å². The molecule has 0 radical (unpaired) electrons. The molecule has 132 valence electrons. The quantitative estimate of drug-likeness (QED) is 0.805. The van der Waals surface area contributed by atoms with Crippen LogP contribution in [0.2, 0.25) is 0 Å². The first-order chi connectivity index (χ1) is 11.3. The molecule has 0 spiro atoms. The second kappa shape index (κ2) is 6.08. The number of rotatable bonds is 3. The second-order valence-electron chi connectivity index (χ2n) is 5.71. The predicted octanol–water partition coefficient (Wildman–Crippen LogP) is 0.623. The normalized spacial score (nSPS) is 18.2. The lowest BCUT2D eigenvalue weighted by Crippen LogP contribution is -2.34. The Morgan fingerprint density at radius 2 is 2.12 bits per heavy atom. The zero-order valence-electron chi connectivity index (χ0n) is 13.1. The van der Waals surface area contributed by atoms with Crippen LogP contribution in [0.25, 0.3) is 0 Å². The molecule has 1 aromatic heterocycles. The number of carbonyl (C=O) groups excluding carboxylic acids is 2. The Labute approximate surface area is 135 Å². The van der Waals surface area contributed by atoms with Gasteiger partial charge in [0.15, 0.2) is 5.69 Å². The fourth-order valence-electron chi connectivity index (χ4n) is 2.94. The van der Waals surface area contributed by atoms with E-state index in [1.165, 1.54) is 9.80 Å². The van der Waals surface area contributed by atoms with Crippen molar-refractivity contribution >= 4 is 11.8 Å². The standard InChI is InChI=1S/C14H17F3N4O3/c1-2-19-8-20(5-11(19)22)12(23)6-21-10-3-4-24-7-9(10)13(18-21)14(15,16)17/h2-8H2,1H3. The summed E-state index contributed by atoms with van der Waals surface area (Å²) < 4.78 is 45.5. The molecule has 1 fully saturated rings. The van der Waals surface area contributed by atoms with Gasteiger partial charge in [-0.1, -0.05) is 0 Å². The first-order valence-electron chi connectivity index (χ1n) is 7.60. The number of ether oxygens (including phenoxy) is 1. The van der Waals surface area contributed by atoms with Crippen LogP contribution in [0.5, 0.6) is 0 Å². The molecule has 2 amide bonds. The first kappa shape index (κ1) is 16.7. The third kappa shape index (κ3) is 2.97. The average Bonchev–Trinajstić information content (AvgIpc) is 3.08. The Morgan fingerprint density at radius 3 is 2.75 bits per heavy atom. The first-order valence-corrected chi connectivity index (χ1v) is 7.60. The summed E-state index contributed by atoms with van der Waals surface area (Å²) >= 11 is 0. The van der Waals surface area contributed by atoms with Gasteiger partial charge in [0, 0.05) is 24.2 Å². The van der Waals surface area contributed by atoms with E-state index in [1.54, 1.807) is 6.92 Å². The van der Waals surface area contributed by atoms with E-state index in [-0.39, 0.29) is 50.9 Å². The van der Waals surface area contributed by atoms with E-state index in [1.807, 2.05) is 0 Å². The van der Waals surface area contributed by atoms with Gasteiger partial charge in [0.1, 0.15) is 13.1 Å². The van der Waals surface area contributed by atoms with Crippen LogP contribution in [0.1, 0.15) is 23.9 Å². The number of likely N-dealkylation sites (N-methyl/N-ethyl adjacent to an activating group) is 1. The van der Waals surface area contributed by atoms with Crippen molar-refractivity contribution in [3.8, 4) is 0 Å². The third-order valence-corrected chi connectivity index (χ3v) is 4.20. The fraction of sp³-hybridized carbons (Fsp3) is 0.643. The van der Waals surface area contributed by atoms with Gasteiger partial charge in [-0.3, -0.25) is 14.3 Å². The van der Waals surface area contributed by atoms with Crippen LogP contribution in [0.15, 0.2) is 0 Å². The summed E-state index contributed by atoms with van der Waals surface area (Å²) in [7, 11) is 0. The summed E-state index contributed by atoms with van der Waals surface area (Å²) in [5.41, 5.74) is -0.633. The van der Waals surface area contributed by atoms with Gasteiger partial charge in [-0.25, -0.2) is 0 Å². The van der Waals surface area contributed by atoms with Crippen LogP contribution in [0.3, 0.4) is 0 Å². The molecule has 0 N–H and O–H groups in total. The summed E-state index contributed by atoms with van der Waals surface area (Å²) in [4.78, 5) is 26.9. The van der Waals surface area contributed by atoms with Crippen molar-refractivity contribution in [2.75, 3.05) is 26.4 Å². The summed E-state index contributed by atoms with van der Waals surface area (Å²) in [6, 6.07) is 0. The molecular weight excluding hydrogens is 329 g/mol. The van der Waals surface area contributed by atoms with E-state index < -0.39 is 17.8 Å². The van der Waals surface area contributed by atoms with Gasteiger partial charge in [-0.05, 0) is 6.92 Å². The molecule has 0 atom stereocenters. The van der Waals surface area contributed by atoms with Gasteiger partial charge in [0.25, 0.3) is 0 Å². The number of hydrogen-bond acceptors (Lipinski definition) is 4. The van der Waals surface area contributed by atoms with E-state index in [0.717, 1.165) is 4.68 Å². The predicted molar refractivity (Wildman–Crippen MR) is 74.6 cm³/mol. The van der Waals surface area contributed by atoms with Gasteiger partial charge in [0.2, 0.25) is 11.8 Å². The molecule has 10 heteroatoms. The highest BCUT2D eigenvalue weighted by molar-refractivity contribution is 5.87. The maximum absolute atomic E-state index is 13.1. The summed E-state index contributed by atoms with van der Waals surface area (Å²) in [5, 5.41) is 3.60. The van der Waals surface area contributed by atoms with Crippen molar-refractivity contribution in [3.63, 3.8) is 0 Å². The van der Waals surface area contributed by atoms with E-state index in [2.05, 4.69) is 5.10 Å². The van der Waals surface area contributed by atoms with E-state index in [4.69, 9.17) is 4.74 Å². The van der Waals surface area contributed by atoms with Crippen LogP contribution in [0.4, 0.5) is 13.2 Å². The number of amides is 2. The number of aromatic nitrogens is 2. The molecule has 3 heterocycles. The van der Waals surface area contributed by atoms with E-state index in [0.29, 0.717) is 12.2 Å². The SMILES string of the molecule is CCN1CN(C(=O)Cn2nc(C(F)(F)F)c3c2CCOC3)CC1=O. The highest BCUT2D eigenvalue weighted by atomic mass is 19.4. The molecule has 0 bridgehead atoms. The maximum Gasteiger partial charge on any atom is 0.435 e.